The van der Waals surface area contributed by atoms with Crippen LogP contribution in [0.25, 0.3) is 22.3 Å². The number of benzene rings is 3. The zero-order valence-electron chi connectivity index (χ0n) is 32.9. The van der Waals surface area contributed by atoms with Crippen LogP contribution < -0.4 is 10.0 Å². The van der Waals surface area contributed by atoms with Crippen molar-refractivity contribution in [1.82, 2.24) is 0 Å². The van der Waals surface area contributed by atoms with E-state index >= 15 is 0 Å². The van der Waals surface area contributed by atoms with Gasteiger partial charge in [0.1, 0.15) is 29.2 Å². The number of allylic oxidation sites excluding steroid dienone is 3. The molecule has 1 saturated heterocycles. The number of hydrogen-bond acceptors (Lipinski definition) is 2. The van der Waals surface area contributed by atoms with Crippen molar-refractivity contribution in [2.75, 3.05) is 21.1 Å². The van der Waals surface area contributed by atoms with Crippen molar-refractivity contribution in [3.63, 3.8) is 0 Å². The first-order valence-corrected chi connectivity index (χ1v) is 22.8. The monoisotopic (exact) mass is 692 g/mol. The molecule has 0 radical (unpaired) electrons. The molecule has 0 bridgehead atoms. The van der Waals surface area contributed by atoms with E-state index in [1.54, 1.807) is 21.2 Å². The summed E-state index contributed by atoms with van der Waals surface area (Å²) in [6.45, 7) is 24.4. The van der Waals surface area contributed by atoms with Crippen molar-refractivity contribution in [3.8, 4) is 28.0 Å². The number of quaternary nitrogens is 1. The van der Waals surface area contributed by atoms with Crippen molar-refractivity contribution < 1.29 is 9.48 Å². The van der Waals surface area contributed by atoms with Gasteiger partial charge in [0.05, 0.1) is 0 Å². The molecular weight excluding hydrogens is 631 g/mol. The van der Waals surface area contributed by atoms with Gasteiger partial charge in [-0.3, -0.25) is 0 Å². The fraction of sp³-hybridized carbons (Fsp3) is 0.511. The molecule has 2 nitrogen and oxygen atoms in total. The highest BCUT2D eigenvalue weighted by atomic mass is 32.2. The average Bonchev–Trinajstić information content (AvgIpc) is 3.60. The van der Waals surface area contributed by atoms with Gasteiger partial charge in [-0.15, -0.1) is 16.4 Å². The van der Waals surface area contributed by atoms with Crippen LogP contribution in [0.1, 0.15) is 111 Å². The first-order valence-electron chi connectivity index (χ1n) is 18.9. The highest BCUT2D eigenvalue weighted by molar-refractivity contribution is 8.04. The minimum absolute atomic E-state index is 0.00108. The van der Waals surface area contributed by atoms with E-state index < -0.39 is 8.07 Å². The second-order valence-electron chi connectivity index (χ2n) is 18.0. The third-order valence-corrected chi connectivity index (χ3v) is 17.0. The van der Waals surface area contributed by atoms with E-state index in [4.69, 9.17) is 4.84 Å². The molecule has 2 unspecified atom stereocenters. The standard InChI is InChI=1S/C45H62NOSSi/c1-14-15-16-19-24-45(8)38-21-18-17-20-34(38)35-23-22-32(26-39(35)45)37-27-33(44(5,6)7)28-40(41(37)47-46(9,10)11)49(12,13)43-31(4)30(3)36-25-29(2)48-42(36)43/h17-18,20-23,26-29,31H,14-16,19,24-25H2,1-13H3/q+1/t29?,31-,45?/m1/s1. The van der Waals surface area contributed by atoms with Crippen LogP contribution in [0.5, 0.6) is 5.75 Å². The average molecular weight is 693 g/mol. The van der Waals surface area contributed by atoms with Crippen LogP contribution >= 0.6 is 11.8 Å². The molecule has 0 N–H and O–H groups in total. The van der Waals surface area contributed by atoms with Gasteiger partial charge in [0.2, 0.25) is 0 Å². The van der Waals surface area contributed by atoms with Gasteiger partial charge in [-0.05, 0) is 87.4 Å². The zero-order chi connectivity index (χ0) is 35.7. The predicted molar refractivity (Wildman–Crippen MR) is 218 cm³/mol. The van der Waals surface area contributed by atoms with E-state index in [0.717, 1.165) is 5.75 Å². The fourth-order valence-corrected chi connectivity index (χ4v) is 14.8. The Bertz CT molecular complexity index is 1830. The summed E-state index contributed by atoms with van der Waals surface area (Å²) in [5, 5.41) is 3.80. The topological polar surface area (TPSA) is 9.23 Å². The summed E-state index contributed by atoms with van der Waals surface area (Å²) in [7, 11) is 4.24. The molecule has 3 aromatic rings. The molecule has 6 rings (SSSR count). The maximum absolute atomic E-state index is 7.18. The van der Waals surface area contributed by atoms with E-state index in [0.29, 0.717) is 15.8 Å². The molecule has 0 amide bonds. The van der Waals surface area contributed by atoms with Gasteiger partial charge in [0, 0.05) is 21.1 Å². The lowest BCUT2D eigenvalue weighted by atomic mass is 9.75. The molecule has 3 aliphatic rings. The highest BCUT2D eigenvalue weighted by Crippen LogP contribution is 2.56. The first kappa shape index (κ1) is 36.3. The van der Waals surface area contributed by atoms with Crippen molar-refractivity contribution in [2.24, 2.45) is 5.92 Å². The molecule has 1 heterocycles. The molecule has 1 aliphatic heterocycles. The SMILES string of the molecule is CCCCCCC1(C)c2ccccc2-c2ccc(-c3cc(C(C)(C)C)cc([Si](C)(C)C4=C5SC(C)CC5=C(C)[C@H]4C)c3O[N+](C)(C)C)cc21. The normalized spacial score (nSPS) is 22.1. The molecule has 3 aromatic carbocycles. The Balaban J connectivity index is 1.59. The number of nitrogens with zero attached hydrogens (tertiary/aromatic N) is 1. The highest BCUT2D eigenvalue weighted by Gasteiger charge is 2.46. The van der Waals surface area contributed by atoms with Gasteiger partial charge in [0.15, 0.2) is 5.75 Å². The summed E-state index contributed by atoms with van der Waals surface area (Å²) < 4.78 is 0.417. The lowest BCUT2D eigenvalue weighted by Gasteiger charge is -2.35. The molecule has 4 heteroatoms. The third-order valence-electron chi connectivity index (χ3n) is 11.8. The van der Waals surface area contributed by atoms with Crippen molar-refractivity contribution in [3.05, 3.63) is 92.5 Å². The quantitative estimate of drug-likeness (QED) is 0.0905. The number of thioether (sulfide) groups is 1. The summed E-state index contributed by atoms with van der Waals surface area (Å²) in [5.74, 6) is 1.57. The smallest absolute Gasteiger partial charge is 0.197 e. The molecular formula is C45H62NOSSi+. The van der Waals surface area contributed by atoms with Gasteiger partial charge in [-0.25, -0.2) is 0 Å². The van der Waals surface area contributed by atoms with E-state index in [-0.39, 0.29) is 10.8 Å². The van der Waals surface area contributed by atoms with Gasteiger partial charge in [-0.2, -0.15) is 0 Å². The van der Waals surface area contributed by atoms with Crippen LogP contribution in [0.2, 0.25) is 13.1 Å². The van der Waals surface area contributed by atoms with Crippen LogP contribution in [-0.2, 0) is 10.8 Å². The van der Waals surface area contributed by atoms with Gasteiger partial charge in [-0.1, -0.05) is 140 Å². The molecule has 49 heavy (non-hydrogen) atoms. The van der Waals surface area contributed by atoms with Crippen LogP contribution in [0.3, 0.4) is 0 Å². The zero-order valence-corrected chi connectivity index (χ0v) is 34.7. The summed E-state index contributed by atoms with van der Waals surface area (Å²) in [4.78, 5) is 8.79. The molecule has 3 atom stereocenters. The largest absolute Gasteiger partial charge is 0.315 e. The Morgan fingerprint density at radius 2 is 1.59 bits per heavy atom. The predicted octanol–water partition coefficient (Wildman–Crippen LogP) is 12.1. The van der Waals surface area contributed by atoms with Crippen molar-refractivity contribution >= 4 is 25.0 Å². The second-order valence-corrected chi connectivity index (χ2v) is 23.7. The number of rotatable bonds is 10. The van der Waals surface area contributed by atoms with E-state index in [2.05, 4.69) is 156 Å². The molecule has 0 aromatic heterocycles. The Morgan fingerprint density at radius 1 is 0.898 bits per heavy atom. The van der Waals surface area contributed by atoms with E-state index in [9.17, 15) is 0 Å². The van der Waals surface area contributed by atoms with Crippen molar-refractivity contribution in [1.29, 1.82) is 0 Å². The Morgan fingerprint density at radius 3 is 2.27 bits per heavy atom. The number of hydrogen-bond donors (Lipinski definition) is 0. The Kier molecular flexibility index (Phi) is 9.55. The minimum Gasteiger partial charge on any atom is -0.315 e. The van der Waals surface area contributed by atoms with Crippen LogP contribution in [-0.4, -0.2) is 39.1 Å². The number of unbranched alkanes of at least 4 members (excludes halogenated alkanes) is 3. The number of hydroxylamine groups is 3. The van der Waals surface area contributed by atoms with Crippen LogP contribution in [0.4, 0.5) is 0 Å². The van der Waals surface area contributed by atoms with Crippen LogP contribution in [0.15, 0.2) is 75.8 Å². The molecule has 2 aliphatic carbocycles. The first-order chi connectivity index (χ1) is 22.9. The van der Waals surface area contributed by atoms with Gasteiger partial charge >= 0.3 is 0 Å². The second kappa shape index (κ2) is 12.9. The van der Waals surface area contributed by atoms with Gasteiger partial charge in [0.25, 0.3) is 0 Å². The van der Waals surface area contributed by atoms with Crippen molar-refractivity contribution in [2.45, 2.75) is 123 Å². The molecule has 1 fully saturated rings. The Hall–Kier alpha value is -2.53. The lowest BCUT2D eigenvalue weighted by molar-refractivity contribution is -1.03. The maximum Gasteiger partial charge on any atom is 0.197 e. The minimum atomic E-state index is -2.23. The molecule has 0 spiro atoms. The van der Waals surface area contributed by atoms with Gasteiger partial charge < -0.3 is 4.84 Å². The molecule has 0 saturated carbocycles. The Labute approximate surface area is 304 Å². The summed E-state index contributed by atoms with van der Waals surface area (Å²) in [6.07, 6.45) is 7.50. The summed E-state index contributed by atoms with van der Waals surface area (Å²) in [5.41, 5.74) is 12.9. The number of fused-ring (bicyclic) bond motifs is 4. The van der Waals surface area contributed by atoms with E-state index in [1.807, 2.05) is 0 Å². The van der Waals surface area contributed by atoms with E-state index in [1.165, 1.54) is 82.7 Å². The summed E-state index contributed by atoms with van der Waals surface area (Å²) in [6, 6.07) is 21.6. The summed E-state index contributed by atoms with van der Waals surface area (Å²) >= 11 is 2.13. The lowest BCUT2D eigenvalue weighted by Crippen LogP contribution is -2.49. The third kappa shape index (κ3) is 6.44. The maximum atomic E-state index is 7.18. The molecule has 262 valence electrons. The fourth-order valence-electron chi connectivity index (χ4n) is 8.94. The van der Waals surface area contributed by atoms with Crippen LogP contribution in [0, 0.1) is 5.92 Å².